The maximum atomic E-state index is 12.6. The highest BCUT2D eigenvalue weighted by Crippen LogP contribution is 2.24. The molecule has 1 heterocycles. The molecule has 1 atom stereocenters. The molecule has 0 aliphatic carbocycles. The van der Waals surface area contributed by atoms with Crippen LogP contribution in [0, 0.1) is 6.92 Å². The van der Waals surface area contributed by atoms with E-state index in [1.807, 2.05) is 38.1 Å². The lowest BCUT2D eigenvalue weighted by molar-refractivity contribution is -0.117. The number of aryl methyl sites for hydroxylation is 1. The Bertz CT molecular complexity index is 859. The summed E-state index contributed by atoms with van der Waals surface area (Å²) in [6.07, 6.45) is 1.39. The number of rotatable bonds is 5. The summed E-state index contributed by atoms with van der Waals surface area (Å²) in [6, 6.07) is 13.9. The molecule has 2 aromatic carbocycles. The number of carbonyl (C=O) groups excluding carboxylic acids is 1. The van der Waals surface area contributed by atoms with Gasteiger partial charge in [-0.3, -0.25) is 4.79 Å². The molecule has 0 bridgehead atoms. The van der Waals surface area contributed by atoms with E-state index in [0.717, 1.165) is 23.2 Å². The van der Waals surface area contributed by atoms with E-state index in [1.54, 1.807) is 29.2 Å². The number of hydrogen-bond donors (Lipinski definition) is 1. The second kappa shape index (κ2) is 6.98. The minimum atomic E-state index is -3.63. The summed E-state index contributed by atoms with van der Waals surface area (Å²) in [5, 5.41) is 0. The molecule has 5 nitrogen and oxygen atoms in total. The van der Waals surface area contributed by atoms with Crippen LogP contribution in [0.2, 0.25) is 0 Å². The van der Waals surface area contributed by atoms with Crippen LogP contribution in [-0.2, 0) is 14.8 Å². The molecule has 1 N–H and O–H groups in total. The van der Waals surface area contributed by atoms with Crippen molar-refractivity contribution >= 4 is 21.6 Å². The van der Waals surface area contributed by atoms with Gasteiger partial charge in [-0.2, -0.15) is 0 Å². The third-order valence-electron chi connectivity index (χ3n) is 4.44. The largest absolute Gasteiger partial charge is 0.312 e. The van der Waals surface area contributed by atoms with Gasteiger partial charge in [0.2, 0.25) is 15.9 Å². The lowest BCUT2D eigenvalue weighted by Gasteiger charge is -2.17. The van der Waals surface area contributed by atoms with Crippen LogP contribution in [0.4, 0.5) is 5.69 Å². The number of hydrogen-bond acceptors (Lipinski definition) is 3. The highest BCUT2D eigenvalue weighted by atomic mass is 32.2. The average Bonchev–Trinajstić information content (AvgIpc) is 3.01. The van der Waals surface area contributed by atoms with Gasteiger partial charge in [-0.15, -0.1) is 0 Å². The zero-order valence-corrected chi connectivity index (χ0v) is 15.2. The lowest BCUT2D eigenvalue weighted by atomic mass is 10.1. The molecular weight excluding hydrogens is 336 g/mol. The molecule has 25 heavy (non-hydrogen) atoms. The predicted molar refractivity (Wildman–Crippen MR) is 97.9 cm³/mol. The Hall–Kier alpha value is -2.18. The van der Waals surface area contributed by atoms with Crippen molar-refractivity contribution in [3.8, 4) is 0 Å². The Labute approximate surface area is 148 Å². The van der Waals surface area contributed by atoms with Crippen LogP contribution in [0.15, 0.2) is 53.4 Å². The summed E-state index contributed by atoms with van der Waals surface area (Å²) < 4.78 is 27.9. The molecule has 0 radical (unpaired) electrons. The van der Waals surface area contributed by atoms with Crippen molar-refractivity contribution in [3.05, 3.63) is 59.7 Å². The van der Waals surface area contributed by atoms with Crippen molar-refractivity contribution < 1.29 is 13.2 Å². The third-order valence-corrected chi connectivity index (χ3v) is 6.00. The van der Waals surface area contributed by atoms with Crippen molar-refractivity contribution in [3.63, 3.8) is 0 Å². The molecule has 0 saturated carbocycles. The molecule has 1 aliphatic heterocycles. The fourth-order valence-corrected chi connectivity index (χ4v) is 4.18. The van der Waals surface area contributed by atoms with Gasteiger partial charge in [0.15, 0.2) is 0 Å². The summed E-state index contributed by atoms with van der Waals surface area (Å²) in [5.74, 6) is 0.0849. The second-order valence-electron chi connectivity index (χ2n) is 6.40. The molecule has 0 aromatic heterocycles. The first-order chi connectivity index (χ1) is 11.9. The van der Waals surface area contributed by atoms with Crippen molar-refractivity contribution in [2.24, 2.45) is 0 Å². The highest BCUT2D eigenvalue weighted by Gasteiger charge is 2.23. The van der Waals surface area contributed by atoms with Gasteiger partial charge in [-0.1, -0.05) is 29.8 Å². The summed E-state index contributed by atoms with van der Waals surface area (Å²) in [7, 11) is -3.63. The van der Waals surface area contributed by atoms with Gasteiger partial charge in [-0.05, 0) is 50.1 Å². The van der Waals surface area contributed by atoms with Crippen LogP contribution in [0.5, 0.6) is 0 Å². The Morgan fingerprint density at radius 1 is 1.04 bits per heavy atom. The molecule has 1 saturated heterocycles. The smallest absolute Gasteiger partial charge is 0.241 e. The van der Waals surface area contributed by atoms with E-state index in [-0.39, 0.29) is 16.8 Å². The van der Waals surface area contributed by atoms with E-state index in [2.05, 4.69) is 4.72 Å². The molecule has 132 valence electrons. The zero-order valence-electron chi connectivity index (χ0n) is 14.4. The van der Waals surface area contributed by atoms with Gasteiger partial charge in [0, 0.05) is 24.7 Å². The lowest BCUT2D eigenvalue weighted by Crippen LogP contribution is -2.27. The van der Waals surface area contributed by atoms with Gasteiger partial charge in [0.1, 0.15) is 0 Å². The first kappa shape index (κ1) is 17.6. The molecule has 0 unspecified atom stereocenters. The molecule has 2 aromatic rings. The Kier molecular flexibility index (Phi) is 4.92. The van der Waals surface area contributed by atoms with Gasteiger partial charge in [0.05, 0.1) is 4.90 Å². The maximum Gasteiger partial charge on any atom is 0.241 e. The van der Waals surface area contributed by atoms with E-state index < -0.39 is 10.0 Å². The highest BCUT2D eigenvalue weighted by molar-refractivity contribution is 7.89. The van der Waals surface area contributed by atoms with E-state index in [4.69, 9.17) is 0 Å². The van der Waals surface area contributed by atoms with Gasteiger partial charge >= 0.3 is 0 Å². The zero-order chi connectivity index (χ0) is 18.0. The SMILES string of the molecule is Cc1ccc([C@H](C)NS(=O)(=O)c2ccc(N3CCCC3=O)cc2)cc1. The number of benzene rings is 2. The van der Waals surface area contributed by atoms with Crippen molar-refractivity contribution in [1.82, 2.24) is 4.72 Å². The number of carbonyl (C=O) groups is 1. The molecule has 1 aliphatic rings. The van der Waals surface area contributed by atoms with E-state index in [1.165, 1.54) is 0 Å². The minimum absolute atomic E-state index is 0.0849. The van der Waals surface area contributed by atoms with Crippen LogP contribution < -0.4 is 9.62 Å². The van der Waals surface area contributed by atoms with Crippen LogP contribution in [0.25, 0.3) is 0 Å². The van der Waals surface area contributed by atoms with E-state index in [9.17, 15) is 13.2 Å². The summed E-state index contributed by atoms with van der Waals surface area (Å²) in [5.41, 5.74) is 2.78. The Morgan fingerprint density at radius 3 is 2.24 bits per heavy atom. The molecule has 1 fully saturated rings. The summed E-state index contributed by atoms with van der Waals surface area (Å²) in [4.78, 5) is 13.7. The molecule has 3 rings (SSSR count). The Morgan fingerprint density at radius 2 is 1.68 bits per heavy atom. The summed E-state index contributed by atoms with van der Waals surface area (Å²) >= 11 is 0. The fourth-order valence-electron chi connectivity index (χ4n) is 2.95. The van der Waals surface area contributed by atoms with Gasteiger partial charge in [-0.25, -0.2) is 13.1 Å². The number of sulfonamides is 1. The number of nitrogens with one attached hydrogen (secondary N) is 1. The molecular formula is C19H22N2O3S. The first-order valence-electron chi connectivity index (χ1n) is 8.36. The van der Waals surface area contributed by atoms with Crippen molar-refractivity contribution in [2.75, 3.05) is 11.4 Å². The normalized spacial score (nSPS) is 16.2. The van der Waals surface area contributed by atoms with Crippen LogP contribution in [-0.4, -0.2) is 20.9 Å². The number of nitrogens with zero attached hydrogens (tertiary/aromatic N) is 1. The third kappa shape index (κ3) is 3.91. The number of anilines is 1. The monoisotopic (exact) mass is 358 g/mol. The van der Waals surface area contributed by atoms with Crippen LogP contribution in [0.1, 0.15) is 36.9 Å². The van der Waals surface area contributed by atoms with E-state index in [0.29, 0.717) is 13.0 Å². The van der Waals surface area contributed by atoms with Crippen molar-refractivity contribution in [2.45, 2.75) is 37.6 Å². The number of amides is 1. The van der Waals surface area contributed by atoms with Gasteiger partial charge in [0.25, 0.3) is 0 Å². The van der Waals surface area contributed by atoms with Crippen molar-refractivity contribution in [1.29, 1.82) is 0 Å². The first-order valence-corrected chi connectivity index (χ1v) is 9.84. The predicted octanol–water partition coefficient (Wildman–Crippen LogP) is 3.16. The quantitative estimate of drug-likeness (QED) is 0.893. The van der Waals surface area contributed by atoms with Crippen LogP contribution in [0.3, 0.4) is 0 Å². The molecule has 0 spiro atoms. The standard InChI is InChI=1S/C19H22N2O3S/c1-14-5-7-16(8-6-14)15(2)20-25(23,24)18-11-9-17(10-12-18)21-13-3-4-19(21)22/h5-12,15,20H,3-4,13H2,1-2H3/t15-/m0/s1. The minimum Gasteiger partial charge on any atom is -0.312 e. The van der Waals surface area contributed by atoms with Crippen LogP contribution >= 0.6 is 0 Å². The summed E-state index contributed by atoms with van der Waals surface area (Å²) in [6.45, 7) is 4.50. The van der Waals surface area contributed by atoms with Gasteiger partial charge < -0.3 is 4.90 Å². The second-order valence-corrected chi connectivity index (χ2v) is 8.11. The topological polar surface area (TPSA) is 66.5 Å². The molecule has 1 amide bonds. The average molecular weight is 358 g/mol. The molecule has 6 heteroatoms. The Balaban J connectivity index is 1.75. The van der Waals surface area contributed by atoms with E-state index >= 15 is 0 Å². The fraction of sp³-hybridized carbons (Fsp3) is 0.316. The maximum absolute atomic E-state index is 12.6.